The fourth-order valence-electron chi connectivity index (χ4n) is 4.89. The molecule has 0 unspecified atom stereocenters. The number of fused-ring (bicyclic) bond motifs is 1. The maximum absolute atomic E-state index is 12.4. The number of hydrogen-bond donors (Lipinski definition) is 1. The van der Waals surface area contributed by atoms with Crippen LogP contribution in [0.4, 0.5) is 5.69 Å². The van der Waals surface area contributed by atoms with E-state index >= 15 is 0 Å². The average molecular weight is 432 g/mol. The molecule has 1 fully saturated rings. The zero-order chi connectivity index (χ0) is 22.1. The minimum absolute atomic E-state index is 0.0497. The molecule has 4 heterocycles. The number of piperidine rings is 1. The van der Waals surface area contributed by atoms with Crippen molar-refractivity contribution in [3.63, 3.8) is 0 Å². The quantitative estimate of drug-likeness (QED) is 0.665. The minimum Gasteiger partial charge on any atom is -0.438 e. The molecule has 1 saturated heterocycles. The van der Waals surface area contributed by atoms with Gasteiger partial charge in [-0.2, -0.15) is 5.10 Å². The first-order valence-electron chi connectivity index (χ1n) is 11.4. The lowest BCUT2D eigenvalue weighted by atomic mass is 9.92. The smallest absolute Gasteiger partial charge is 0.224 e. The van der Waals surface area contributed by atoms with Crippen molar-refractivity contribution in [1.29, 1.82) is 0 Å². The summed E-state index contributed by atoms with van der Waals surface area (Å²) in [7, 11) is 0. The van der Waals surface area contributed by atoms with Gasteiger partial charge in [0.2, 0.25) is 11.8 Å². The van der Waals surface area contributed by atoms with Crippen molar-refractivity contribution in [3.8, 4) is 22.8 Å². The van der Waals surface area contributed by atoms with Crippen LogP contribution in [0.25, 0.3) is 11.1 Å². The van der Waals surface area contributed by atoms with Crippen LogP contribution in [-0.2, 0) is 11.2 Å². The number of hydrogen-bond acceptors (Lipinski definition) is 5. The molecule has 3 aromatic rings. The van der Waals surface area contributed by atoms with E-state index in [-0.39, 0.29) is 11.9 Å². The fourth-order valence-corrected chi connectivity index (χ4v) is 4.89. The highest BCUT2D eigenvalue weighted by atomic mass is 16.5. The number of carbonyl (C=O) groups excluding carboxylic acids is 1. The van der Waals surface area contributed by atoms with Gasteiger partial charge < -0.3 is 15.0 Å². The summed E-state index contributed by atoms with van der Waals surface area (Å²) in [5.41, 5.74) is 3.98. The highest BCUT2D eigenvalue weighted by Crippen LogP contribution is 2.44. The highest BCUT2D eigenvalue weighted by Gasteiger charge is 2.30. The Kier molecular flexibility index (Phi) is 5.66. The summed E-state index contributed by atoms with van der Waals surface area (Å²) >= 11 is 0. The van der Waals surface area contributed by atoms with Crippen LogP contribution < -0.4 is 15.0 Å². The van der Waals surface area contributed by atoms with E-state index in [1.807, 2.05) is 29.3 Å². The predicted octanol–water partition coefficient (Wildman–Crippen LogP) is 4.35. The molecule has 7 heteroatoms. The van der Waals surface area contributed by atoms with E-state index in [1.54, 1.807) is 13.1 Å². The summed E-state index contributed by atoms with van der Waals surface area (Å²) < 4.78 is 8.47. The molecule has 0 spiro atoms. The van der Waals surface area contributed by atoms with E-state index in [1.165, 1.54) is 0 Å². The average Bonchev–Trinajstić information content (AvgIpc) is 3.30. The normalized spacial score (nSPS) is 18.9. The predicted molar refractivity (Wildman–Crippen MR) is 124 cm³/mol. The zero-order valence-electron chi connectivity index (χ0n) is 18.6. The molecule has 32 heavy (non-hydrogen) atoms. The second-order valence-corrected chi connectivity index (χ2v) is 8.68. The van der Waals surface area contributed by atoms with Gasteiger partial charge in [0, 0.05) is 48.1 Å². The third-order valence-electron chi connectivity index (χ3n) is 6.53. The number of pyridine rings is 1. The Bertz CT molecular complexity index is 1100. The lowest BCUT2D eigenvalue weighted by molar-refractivity contribution is -0.117. The van der Waals surface area contributed by atoms with Crippen LogP contribution in [-0.4, -0.2) is 39.8 Å². The van der Waals surface area contributed by atoms with Crippen molar-refractivity contribution >= 4 is 11.6 Å². The van der Waals surface area contributed by atoms with Gasteiger partial charge in [-0.1, -0.05) is 6.07 Å². The number of benzene rings is 1. The maximum atomic E-state index is 12.4. The van der Waals surface area contributed by atoms with Crippen molar-refractivity contribution < 1.29 is 9.53 Å². The van der Waals surface area contributed by atoms with E-state index in [9.17, 15) is 4.79 Å². The topological polar surface area (TPSA) is 72.3 Å². The SMILES string of the molecule is CC(=O)N1c2ccc(-c3cnn(C4CCNCC4)c3)c(Oc3ccccn3)c2CC[C@@H]1C. The number of carbonyl (C=O) groups is 1. The Morgan fingerprint density at radius 2 is 2.00 bits per heavy atom. The molecule has 1 atom stereocenters. The molecule has 2 aliphatic heterocycles. The van der Waals surface area contributed by atoms with Crippen LogP contribution in [0.3, 0.4) is 0 Å². The minimum atomic E-state index is 0.0497. The summed E-state index contributed by atoms with van der Waals surface area (Å²) in [6.07, 6.45) is 9.66. The molecular weight excluding hydrogens is 402 g/mol. The van der Waals surface area contributed by atoms with Crippen LogP contribution in [0.2, 0.25) is 0 Å². The summed E-state index contributed by atoms with van der Waals surface area (Å²) in [5, 5.41) is 8.09. The Morgan fingerprint density at radius 1 is 1.16 bits per heavy atom. The Hall–Kier alpha value is -3.19. The van der Waals surface area contributed by atoms with Gasteiger partial charge in [0.05, 0.1) is 17.9 Å². The second-order valence-electron chi connectivity index (χ2n) is 8.68. The number of ether oxygens (including phenoxy) is 1. The molecule has 2 aromatic heterocycles. The van der Waals surface area contributed by atoms with Crippen LogP contribution >= 0.6 is 0 Å². The van der Waals surface area contributed by atoms with Crippen molar-refractivity contribution in [2.75, 3.05) is 18.0 Å². The molecule has 1 aromatic carbocycles. The first-order valence-corrected chi connectivity index (χ1v) is 11.4. The Labute approximate surface area is 188 Å². The number of amides is 1. The standard InChI is InChI=1S/C25H29N5O2/c1-17-6-7-22-23(30(17)18(2)31)9-8-21(25(22)32-24-5-3-4-12-27-24)19-15-28-29(16-19)20-10-13-26-14-11-20/h3-5,8-9,12,15-17,20,26H,6-7,10-11,13-14H2,1-2H3/t17-/m0/s1. The van der Waals surface area contributed by atoms with Crippen molar-refractivity contribution in [1.82, 2.24) is 20.1 Å². The molecule has 166 valence electrons. The van der Waals surface area contributed by atoms with Crippen LogP contribution in [0.5, 0.6) is 11.6 Å². The van der Waals surface area contributed by atoms with Gasteiger partial charge in [-0.05, 0) is 63.9 Å². The molecule has 0 aliphatic carbocycles. The number of nitrogens with zero attached hydrogens (tertiary/aromatic N) is 4. The molecule has 1 amide bonds. The molecule has 1 N–H and O–H groups in total. The molecule has 2 aliphatic rings. The third kappa shape index (κ3) is 3.88. The largest absolute Gasteiger partial charge is 0.438 e. The molecule has 0 bridgehead atoms. The van der Waals surface area contributed by atoms with Crippen LogP contribution in [0.15, 0.2) is 48.9 Å². The van der Waals surface area contributed by atoms with Crippen molar-refractivity contribution in [2.45, 2.75) is 51.6 Å². The van der Waals surface area contributed by atoms with Gasteiger partial charge in [0.15, 0.2) is 0 Å². The molecular formula is C25H29N5O2. The Balaban J connectivity index is 1.59. The maximum Gasteiger partial charge on any atom is 0.224 e. The van der Waals surface area contributed by atoms with E-state index in [0.29, 0.717) is 11.9 Å². The number of nitrogens with one attached hydrogen (secondary N) is 1. The van der Waals surface area contributed by atoms with Gasteiger partial charge in [0.1, 0.15) is 5.75 Å². The van der Waals surface area contributed by atoms with E-state index in [2.05, 4.69) is 45.3 Å². The van der Waals surface area contributed by atoms with Crippen LogP contribution in [0.1, 0.15) is 44.7 Å². The van der Waals surface area contributed by atoms with E-state index < -0.39 is 0 Å². The van der Waals surface area contributed by atoms with E-state index in [0.717, 1.165) is 66.9 Å². The number of rotatable bonds is 4. The summed E-state index contributed by atoms with van der Waals surface area (Å²) in [4.78, 5) is 18.7. The third-order valence-corrected chi connectivity index (χ3v) is 6.53. The molecule has 0 radical (unpaired) electrons. The lowest BCUT2D eigenvalue weighted by Crippen LogP contribution is -2.40. The zero-order valence-corrected chi connectivity index (χ0v) is 18.6. The molecule has 7 nitrogen and oxygen atoms in total. The van der Waals surface area contributed by atoms with E-state index in [4.69, 9.17) is 4.74 Å². The van der Waals surface area contributed by atoms with Crippen molar-refractivity contribution in [2.24, 2.45) is 0 Å². The lowest BCUT2D eigenvalue weighted by Gasteiger charge is -2.35. The monoisotopic (exact) mass is 431 g/mol. The van der Waals surface area contributed by atoms with Crippen molar-refractivity contribution in [3.05, 3.63) is 54.5 Å². The highest BCUT2D eigenvalue weighted by molar-refractivity contribution is 5.95. The molecule has 0 saturated carbocycles. The second kappa shape index (κ2) is 8.74. The van der Waals surface area contributed by atoms with Gasteiger partial charge in [-0.15, -0.1) is 0 Å². The Morgan fingerprint density at radius 3 is 2.75 bits per heavy atom. The van der Waals surface area contributed by atoms with Gasteiger partial charge >= 0.3 is 0 Å². The number of anilines is 1. The summed E-state index contributed by atoms with van der Waals surface area (Å²) in [6, 6.07) is 10.3. The summed E-state index contributed by atoms with van der Waals surface area (Å²) in [5.74, 6) is 1.36. The molecule has 5 rings (SSSR count). The van der Waals surface area contributed by atoms with Crippen LogP contribution in [0, 0.1) is 0 Å². The number of aromatic nitrogens is 3. The van der Waals surface area contributed by atoms with Gasteiger partial charge in [0.25, 0.3) is 0 Å². The summed E-state index contributed by atoms with van der Waals surface area (Å²) in [6.45, 7) is 5.76. The van der Waals surface area contributed by atoms with Gasteiger partial charge in [-0.3, -0.25) is 9.48 Å². The fraction of sp³-hybridized carbons (Fsp3) is 0.400. The van der Waals surface area contributed by atoms with Gasteiger partial charge in [-0.25, -0.2) is 4.98 Å². The first kappa shape index (κ1) is 20.7. The first-order chi connectivity index (χ1) is 15.6.